The van der Waals surface area contributed by atoms with Gasteiger partial charge in [0.2, 0.25) is 0 Å². The van der Waals surface area contributed by atoms with Gasteiger partial charge in [0.05, 0.1) is 4.88 Å². The Bertz CT molecular complexity index is 816. The minimum Gasteiger partial charge on any atom is -0.331 e. The van der Waals surface area contributed by atoms with E-state index in [2.05, 4.69) is 10.3 Å². The van der Waals surface area contributed by atoms with Crippen molar-refractivity contribution in [3.8, 4) is 10.4 Å². The van der Waals surface area contributed by atoms with Crippen LogP contribution in [0.25, 0.3) is 10.4 Å². The first-order valence-electron chi connectivity index (χ1n) is 6.59. The van der Waals surface area contributed by atoms with Crippen LogP contribution in [0.2, 0.25) is 5.02 Å². The lowest BCUT2D eigenvalue weighted by molar-refractivity contribution is -0.140. The van der Waals surface area contributed by atoms with E-state index in [0.29, 0.717) is 16.3 Å². The number of nitrogens with zero attached hydrogens (tertiary/aromatic N) is 1. The molecule has 3 aromatic rings. The van der Waals surface area contributed by atoms with Crippen molar-refractivity contribution in [2.24, 2.45) is 0 Å². The van der Waals surface area contributed by atoms with E-state index in [1.165, 1.54) is 0 Å². The molecule has 1 N–H and O–H groups in total. The van der Waals surface area contributed by atoms with E-state index in [1.807, 2.05) is 0 Å². The third-order valence-electron chi connectivity index (χ3n) is 3.01. The van der Waals surface area contributed by atoms with Gasteiger partial charge in [-0.1, -0.05) is 59.3 Å². The van der Waals surface area contributed by atoms with Crippen LogP contribution in [0.15, 0.2) is 54.6 Å². The van der Waals surface area contributed by atoms with Gasteiger partial charge in [-0.2, -0.15) is 13.2 Å². The van der Waals surface area contributed by atoms with Crippen LogP contribution < -0.4 is 5.32 Å². The molecule has 3 rings (SSSR count). The molecule has 23 heavy (non-hydrogen) atoms. The Kier molecular flexibility index (Phi) is 4.28. The molecule has 0 unspecified atom stereocenters. The first-order chi connectivity index (χ1) is 10.9. The lowest BCUT2D eigenvalue weighted by Gasteiger charge is -2.05. The van der Waals surface area contributed by atoms with E-state index in [1.54, 1.807) is 54.6 Å². The zero-order chi connectivity index (χ0) is 16.4. The second-order valence-corrected chi connectivity index (χ2v) is 6.13. The van der Waals surface area contributed by atoms with Crippen LogP contribution in [0.1, 0.15) is 5.69 Å². The molecule has 1 aromatic heterocycles. The van der Waals surface area contributed by atoms with Crippen molar-refractivity contribution < 1.29 is 13.2 Å². The third kappa shape index (κ3) is 3.65. The van der Waals surface area contributed by atoms with Crippen molar-refractivity contribution in [1.29, 1.82) is 0 Å². The zero-order valence-corrected chi connectivity index (χ0v) is 13.1. The molecule has 0 fully saturated rings. The molecule has 0 saturated heterocycles. The van der Waals surface area contributed by atoms with E-state index in [9.17, 15) is 13.2 Å². The summed E-state index contributed by atoms with van der Waals surface area (Å²) in [5.74, 6) is 0. The van der Waals surface area contributed by atoms with Crippen molar-refractivity contribution in [3.63, 3.8) is 0 Å². The molecule has 0 amide bonds. The average Bonchev–Trinajstić information content (AvgIpc) is 2.92. The van der Waals surface area contributed by atoms with E-state index in [-0.39, 0.29) is 10.0 Å². The maximum absolute atomic E-state index is 13.2. The van der Waals surface area contributed by atoms with Crippen LogP contribution in [0.5, 0.6) is 0 Å². The fraction of sp³-hybridized carbons (Fsp3) is 0.0625. The normalized spacial score (nSPS) is 11.5. The molecule has 0 aliphatic heterocycles. The van der Waals surface area contributed by atoms with Gasteiger partial charge in [-0.25, -0.2) is 4.98 Å². The Labute approximate surface area is 139 Å². The summed E-state index contributed by atoms with van der Waals surface area (Å²) in [5.41, 5.74) is 0.175. The quantitative estimate of drug-likeness (QED) is 0.603. The average molecular weight is 355 g/mol. The molecule has 0 radical (unpaired) electrons. The maximum atomic E-state index is 13.2. The largest absolute Gasteiger partial charge is 0.434 e. The second-order valence-electron chi connectivity index (χ2n) is 4.70. The number of alkyl halides is 3. The second kappa shape index (κ2) is 6.22. The summed E-state index contributed by atoms with van der Waals surface area (Å²) in [4.78, 5) is 3.81. The van der Waals surface area contributed by atoms with E-state index in [4.69, 9.17) is 11.6 Å². The Balaban J connectivity index is 2.02. The highest BCUT2D eigenvalue weighted by molar-refractivity contribution is 7.19. The number of aromatic nitrogens is 1. The number of hydrogen-bond donors (Lipinski definition) is 1. The molecular formula is C16H10ClF3N2S. The van der Waals surface area contributed by atoms with Gasteiger partial charge in [-0.15, -0.1) is 0 Å². The van der Waals surface area contributed by atoms with Crippen molar-refractivity contribution >= 4 is 33.8 Å². The van der Waals surface area contributed by atoms with Gasteiger partial charge in [0, 0.05) is 10.7 Å². The maximum Gasteiger partial charge on any atom is 0.434 e. The Morgan fingerprint density at radius 1 is 1.00 bits per heavy atom. The molecule has 7 heteroatoms. The number of halogens is 4. The molecule has 0 aliphatic rings. The summed E-state index contributed by atoms with van der Waals surface area (Å²) in [6, 6.07) is 15.1. The van der Waals surface area contributed by atoms with Crippen LogP contribution in [0.3, 0.4) is 0 Å². The van der Waals surface area contributed by atoms with Gasteiger partial charge in [-0.05, 0) is 23.8 Å². The third-order valence-corrected chi connectivity index (χ3v) is 4.26. The highest BCUT2D eigenvalue weighted by Crippen LogP contribution is 2.42. The Hall–Kier alpha value is -2.05. The topological polar surface area (TPSA) is 24.9 Å². The Morgan fingerprint density at radius 3 is 2.39 bits per heavy atom. The van der Waals surface area contributed by atoms with Crippen molar-refractivity contribution in [1.82, 2.24) is 4.98 Å². The van der Waals surface area contributed by atoms with Gasteiger partial charge in [0.1, 0.15) is 0 Å². The van der Waals surface area contributed by atoms with Crippen LogP contribution in [-0.4, -0.2) is 4.98 Å². The molecule has 0 saturated carbocycles. The number of hydrogen-bond acceptors (Lipinski definition) is 3. The van der Waals surface area contributed by atoms with Crippen molar-refractivity contribution in [2.75, 3.05) is 5.32 Å². The Morgan fingerprint density at radius 2 is 1.74 bits per heavy atom. The van der Waals surface area contributed by atoms with Crippen molar-refractivity contribution in [2.45, 2.75) is 6.18 Å². The minimum absolute atomic E-state index is 0.0858. The highest BCUT2D eigenvalue weighted by Gasteiger charge is 2.38. The molecule has 0 bridgehead atoms. The van der Waals surface area contributed by atoms with Crippen LogP contribution >= 0.6 is 22.9 Å². The fourth-order valence-electron chi connectivity index (χ4n) is 2.04. The molecule has 0 spiro atoms. The first-order valence-corrected chi connectivity index (χ1v) is 7.79. The molecule has 0 atom stereocenters. The standard InChI is InChI=1S/C16H10ClF3N2S/c17-11-7-4-8-12(9-11)21-15-22-14(16(18,19)20)13(23-15)10-5-2-1-3-6-10/h1-9H,(H,21,22). The minimum atomic E-state index is -4.52. The van der Waals surface area contributed by atoms with Gasteiger partial charge in [0.25, 0.3) is 0 Å². The number of anilines is 2. The highest BCUT2D eigenvalue weighted by atomic mass is 35.5. The van der Waals surface area contributed by atoms with E-state index in [0.717, 1.165) is 11.3 Å². The lowest BCUT2D eigenvalue weighted by atomic mass is 10.1. The van der Waals surface area contributed by atoms with E-state index < -0.39 is 11.9 Å². The molecule has 2 aromatic carbocycles. The molecule has 2 nitrogen and oxygen atoms in total. The molecule has 1 heterocycles. The first kappa shape index (κ1) is 15.8. The summed E-state index contributed by atoms with van der Waals surface area (Å²) in [6.07, 6.45) is -4.52. The number of rotatable bonds is 3. The molecular weight excluding hydrogens is 345 g/mol. The number of thiazole rings is 1. The summed E-state index contributed by atoms with van der Waals surface area (Å²) < 4.78 is 39.7. The van der Waals surface area contributed by atoms with Gasteiger partial charge in [-0.3, -0.25) is 0 Å². The summed E-state index contributed by atoms with van der Waals surface area (Å²) >= 11 is 6.83. The van der Waals surface area contributed by atoms with Gasteiger partial charge in [0.15, 0.2) is 10.8 Å². The number of nitrogens with one attached hydrogen (secondary N) is 1. The predicted octanol–water partition coefficient (Wildman–Crippen LogP) is 6.23. The van der Waals surface area contributed by atoms with Gasteiger partial charge < -0.3 is 5.32 Å². The van der Waals surface area contributed by atoms with E-state index >= 15 is 0 Å². The molecule has 118 valence electrons. The molecule has 0 aliphatic carbocycles. The van der Waals surface area contributed by atoms with Gasteiger partial charge >= 0.3 is 6.18 Å². The zero-order valence-electron chi connectivity index (χ0n) is 11.6. The SMILES string of the molecule is FC(F)(F)c1nc(Nc2cccc(Cl)c2)sc1-c1ccccc1. The van der Waals surface area contributed by atoms with Crippen molar-refractivity contribution in [3.05, 3.63) is 65.3 Å². The predicted molar refractivity (Wildman–Crippen MR) is 87.3 cm³/mol. The number of benzene rings is 2. The van der Waals surface area contributed by atoms with Crippen LogP contribution in [0, 0.1) is 0 Å². The summed E-state index contributed by atoms with van der Waals surface area (Å²) in [6.45, 7) is 0. The fourth-order valence-corrected chi connectivity index (χ4v) is 3.24. The monoisotopic (exact) mass is 354 g/mol. The summed E-state index contributed by atoms with van der Waals surface area (Å²) in [7, 11) is 0. The van der Waals surface area contributed by atoms with Crippen LogP contribution in [-0.2, 0) is 6.18 Å². The summed E-state index contributed by atoms with van der Waals surface area (Å²) in [5, 5.41) is 3.53. The lowest BCUT2D eigenvalue weighted by Crippen LogP contribution is -2.07. The smallest absolute Gasteiger partial charge is 0.331 e. The van der Waals surface area contributed by atoms with Crippen LogP contribution in [0.4, 0.5) is 24.0 Å².